The van der Waals surface area contributed by atoms with Gasteiger partial charge in [0.1, 0.15) is 0 Å². The Labute approximate surface area is 71.9 Å². The average Bonchev–Trinajstić information content (AvgIpc) is 2.04. The first kappa shape index (κ1) is 9.86. The Kier molecular flexibility index (Phi) is 3.01. The summed E-state index contributed by atoms with van der Waals surface area (Å²) in [5.74, 6) is 0. The molecule has 1 N–H and O–H groups in total. The van der Waals surface area contributed by atoms with Crippen LogP contribution in [0.5, 0.6) is 0 Å². The Morgan fingerprint density at radius 3 is 2.50 bits per heavy atom. The fourth-order valence-corrected chi connectivity index (χ4v) is 1.80. The van der Waals surface area contributed by atoms with Crippen LogP contribution in [0, 0.1) is 0 Å². The number of hydrogen-bond acceptors (Lipinski definition) is 2. The first-order valence-electron chi connectivity index (χ1n) is 4.26. The third-order valence-electron chi connectivity index (χ3n) is 2.63. The number of hydrogen-bond donors (Lipinski definition) is 1. The van der Waals surface area contributed by atoms with Gasteiger partial charge in [-0.05, 0) is 33.5 Å². The van der Waals surface area contributed by atoms with Crippen molar-refractivity contribution in [3.63, 3.8) is 0 Å². The van der Waals surface area contributed by atoms with Gasteiger partial charge in [0.25, 0.3) is 6.43 Å². The average molecular weight is 178 g/mol. The number of likely N-dealkylation sites (tertiary alicyclic amines) is 1. The molecule has 1 fully saturated rings. The van der Waals surface area contributed by atoms with Crippen LogP contribution in [-0.4, -0.2) is 44.0 Å². The minimum Gasteiger partial charge on any atom is -0.308 e. The molecule has 0 amide bonds. The molecule has 1 heterocycles. The molecule has 1 atom stereocenters. The number of piperidine rings is 1. The smallest absolute Gasteiger partial charge is 0.257 e. The van der Waals surface area contributed by atoms with E-state index >= 15 is 0 Å². The van der Waals surface area contributed by atoms with Crippen LogP contribution in [0.15, 0.2) is 0 Å². The van der Waals surface area contributed by atoms with Crippen LogP contribution in [0.2, 0.25) is 0 Å². The van der Waals surface area contributed by atoms with Crippen LogP contribution < -0.4 is 5.32 Å². The van der Waals surface area contributed by atoms with Gasteiger partial charge in [0, 0.05) is 6.54 Å². The van der Waals surface area contributed by atoms with Gasteiger partial charge in [-0.15, -0.1) is 0 Å². The van der Waals surface area contributed by atoms with Crippen molar-refractivity contribution in [3.05, 3.63) is 0 Å². The van der Waals surface area contributed by atoms with E-state index in [2.05, 4.69) is 5.32 Å². The van der Waals surface area contributed by atoms with E-state index in [1.54, 1.807) is 7.05 Å². The second kappa shape index (κ2) is 3.66. The summed E-state index contributed by atoms with van der Waals surface area (Å²) in [6.45, 7) is 1.37. The summed E-state index contributed by atoms with van der Waals surface area (Å²) in [5, 5.41) is 2.76. The summed E-state index contributed by atoms with van der Waals surface area (Å²) in [5.41, 5.74) is -0.965. The van der Waals surface area contributed by atoms with E-state index in [0.717, 1.165) is 13.0 Å². The van der Waals surface area contributed by atoms with E-state index in [4.69, 9.17) is 0 Å². The molecule has 0 saturated carbocycles. The lowest BCUT2D eigenvalue weighted by Gasteiger charge is -2.40. The number of alkyl halides is 2. The SMILES string of the molecule is CNC1(C(F)F)CCCN(C)C1. The van der Waals surface area contributed by atoms with Gasteiger partial charge in [-0.25, -0.2) is 8.78 Å². The summed E-state index contributed by atoms with van der Waals surface area (Å²) < 4.78 is 25.3. The second-order valence-corrected chi connectivity index (χ2v) is 3.55. The molecule has 72 valence electrons. The van der Waals surface area contributed by atoms with Gasteiger partial charge >= 0.3 is 0 Å². The standard InChI is InChI=1S/C8H16F2N2/c1-11-8(7(9)10)4-3-5-12(2)6-8/h7,11H,3-6H2,1-2H3. The molecule has 0 aliphatic carbocycles. The quantitative estimate of drug-likeness (QED) is 0.677. The van der Waals surface area contributed by atoms with Crippen molar-refractivity contribution in [2.24, 2.45) is 0 Å². The molecule has 1 saturated heterocycles. The van der Waals surface area contributed by atoms with Crippen molar-refractivity contribution in [2.75, 3.05) is 27.2 Å². The molecular weight excluding hydrogens is 162 g/mol. The summed E-state index contributed by atoms with van der Waals surface area (Å²) in [6.07, 6.45) is -0.849. The molecule has 1 unspecified atom stereocenters. The number of rotatable bonds is 2. The monoisotopic (exact) mass is 178 g/mol. The molecule has 0 spiro atoms. The highest BCUT2D eigenvalue weighted by Crippen LogP contribution is 2.26. The van der Waals surface area contributed by atoms with Crippen molar-refractivity contribution in [3.8, 4) is 0 Å². The summed E-state index contributed by atoms with van der Waals surface area (Å²) in [4.78, 5) is 1.95. The lowest BCUT2D eigenvalue weighted by Crippen LogP contribution is -2.59. The van der Waals surface area contributed by atoms with Crippen molar-refractivity contribution in [1.29, 1.82) is 0 Å². The van der Waals surface area contributed by atoms with Crippen molar-refractivity contribution < 1.29 is 8.78 Å². The molecule has 1 rings (SSSR count). The molecule has 1 aliphatic rings. The van der Waals surface area contributed by atoms with Crippen LogP contribution in [-0.2, 0) is 0 Å². The predicted octanol–water partition coefficient (Wildman–Crippen LogP) is 0.935. The highest BCUT2D eigenvalue weighted by Gasteiger charge is 2.41. The molecule has 0 aromatic carbocycles. The van der Waals surface area contributed by atoms with E-state index in [-0.39, 0.29) is 0 Å². The molecule has 0 aromatic heterocycles. The number of likely N-dealkylation sites (N-methyl/N-ethyl adjacent to an activating group) is 2. The first-order chi connectivity index (χ1) is 5.60. The third-order valence-corrected chi connectivity index (χ3v) is 2.63. The summed E-state index contributed by atoms with van der Waals surface area (Å²) >= 11 is 0. The highest BCUT2D eigenvalue weighted by atomic mass is 19.3. The Balaban J connectivity index is 2.64. The molecule has 0 bridgehead atoms. The van der Waals surface area contributed by atoms with Crippen molar-refractivity contribution in [2.45, 2.75) is 24.8 Å². The van der Waals surface area contributed by atoms with E-state index in [1.807, 2.05) is 11.9 Å². The first-order valence-corrected chi connectivity index (χ1v) is 4.26. The van der Waals surface area contributed by atoms with E-state index < -0.39 is 12.0 Å². The molecule has 0 aromatic rings. The third kappa shape index (κ3) is 1.75. The maximum atomic E-state index is 12.7. The zero-order valence-corrected chi connectivity index (χ0v) is 7.61. The molecular formula is C8H16F2N2. The van der Waals surface area contributed by atoms with Gasteiger partial charge in [-0.1, -0.05) is 0 Å². The Hall–Kier alpha value is -0.220. The normalized spacial score (nSPS) is 32.8. The molecule has 4 heteroatoms. The topological polar surface area (TPSA) is 15.3 Å². The van der Waals surface area contributed by atoms with Crippen molar-refractivity contribution in [1.82, 2.24) is 10.2 Å². The van der Waals surface area contributed by atoms with E-state index in [0.29, 0.717) is 13.0 Å². The fourth-order valence-electron chi connectivity index (χ4n) is 1.80. The van der Waals surface area contributed by atoms with Crippen LogP contribution in [0.1, 0.15) is 12.8 Å². The van der Waals surface area contributed by atoms with Gasteiger partial charge in [0.05, 0.1) is 5.54 Å². The zero-order valence-electron chi connectivity index (χ0n) is 7.61. The van der Waals surface area contributed by atoms with Gasteiger partial charge in [-0.2, -0.15) is 0 Å². The van der Waals surface area contributed by atoms with Gasteiger partial charge in [-0.3, -0.25) is 0 Å². The number of nitrogens with zero attached hydrogens (tertiary/aromatic N) is 1. The largest absolute Gasteiger partial charge is 0.308 e. The fraction of sp³-hybridized carbons (Fsp3) is 1.00. The van der Waals surface area contributed by atoms with Crippen LogP contribution in [0.25, 0.3) is 0 Å². The van der Waals surface area contributed by atoms with Crippen LogP contribution >= 0.6 is 0 Å². The molecule has 1 aliphatic heterocycles. The Morgan fingerprint density at radius 2 is 2.17 bits per heavy atom. The minimum absolute atomic E-state index is 0.446. The van der Waals surface area contributed by atoms with E-state index in [9.17, 15) is 8.78 Å². The molecule has 2 nitrogen and oxygen atoms in total. The summed E-state index contributed by atoms with van der Waals surface area (Å²) in [6, 6.07) is 0. The lowest BCUT2D eigenvalue weighted by atomic mass is 9.90. The Bertz CT molecular complexity index is 152. The molecule has 12 heavy (non-hydrogen) atoms. The zero-order chi connectivity index (χ0) is 9.19. The lowest BCUT2D eigenvalue weighted by molar-refractivity contribution is -0.00790. The van der Waals surface area contributed by atoms with E-state index in [1.165, 1.54) is 0 Å². The Morgan fingerprint density at radius 1 is 1.50 bits per heavy atom. The highest BCUT2D eigenvalue weighted by molar-refractivity contribution is 4.95. The predicted molar refractivity (Wildman–Crippen MR) is 44.5 cm³/mol. The van der Waals surface area contributed by atoms with Gasteiger partial charge in [0.15, 0.2) is 0 Å². The second-order valence-electron chi connectivity index (χ2n) is 3.55. The minimum atomic E-state index is -2.27. The maximum Gasteiger partial charge on any atom is 0.257 e. The molecule has 0 radical (unpaired) electrons. The van der Waals surface area contributed by atoms with Gasteiger partial charge in [0.2, 0.25) is 0 Å². The number of nitrogens with one attached hydrogen (secondary N) is 1. The van der Waals surface area contributed by atoms with Gasteiger partial charge < -0.3 is 10.2 Å². The van der Waals surface area contributed by atoms with Crippen molar-refractivity contribution >= 4 is 0 Å². The maximum absolute atomic E-state index is 12.7. The summed E-state index contributed by atoms with van der Waals surface area (Å²) in [7, 11) is 3.50. The van der Waals surface area contributed by atoms with Crippen LogP contribution in [0.4, 0.5) is 8.78 Å². The number of halogens is 2. The van der Waals surface area contributed by atoms with Crippen LogP contribution in [0.3, 0.4) is 0 Å².